The highest BCUT2D eigenvalue weighted by atomic mass is 32.2. The minimum atomic E-state index is -0.560. The zero-order valence-electron chi connectivity index (χ0n) is 11.8. The van der Waals surface area contributed by atoms with Gasteiger partial charge in [0.2, 0.25) is 0 Å². The van der Waals surface area contributed by atoms with Crippen molar-refractivity contribution in [2.75, 3.05) is 12.3 Å². The Morgan fingerprint density at radius 3 is 2.25 bits per heavy atom. The Kier molecular flexibility index (Phi) is 6.99. The molecule has 0 saturated heterocycles. The monoisotopic (exact) mass is 247 g/mol. The van der Waals surface area contributed by atoms with Crippen LogP contribution >= 0.6 is 11.8 Å². The Morgan fingerprint density at radius 1 is 1.25 bits per heavy atom. The predicted octanol–water partition coefficient (Wildman–Crippen LogP) is 3.05. The van der Waals surface area contributed by atoms with Crippen molar-refractivity contribution < 1.29 is 5.11 Å². The number of hydrogen-bond acceptors (Lipinski definition) is 3. The molecule has 2 N–H and O–H groups in total. The van der Waals surface area contributed by atoms with E-state index in [1.54, 1.807) is 0 Å². The van der Waals surface area contributed by atoms with Crippen molar-refractivity contribution in [3.63, 3.8) is 0 Å². The molecule has 0 aliphatic rings. The highest BCUT2D eigenvalue weighted by molar-refractivity contribution is 8.00. The van der Waals surface area contributed by atoms with E-state index in [9.17, 15) is 5.11 Å². The Morgan fingerprint density at radius 2 is 1.81 bits per heavy atom. The Hall–Kier alpha value is 0.270. The van der Waals surface area contributed by atoms with Crippen LogP contribution in [-0.4, -0.2) is 33.8 Å². The normalized spacial score (nSPS) is 18.2. The second kappa shape index (κ2) is 6.87. The molecular weight excluding hydrogens is 218 g/mol. The van der Waals surface area contributed by atoms with Crippen LogP contribution in [0.1, 0.15) is 54.4 Å². The number of thioether (sulfide) groups is 1. The molecule has 0 aliphatic carbocycles. The minimum Gasteiger partial charge on any atom is -0.389 e. The Balaban J connectivity index is 3.76. The van der Waals surface area contributed by atoms with Crippen molar-refractivity contribution in [1.82, 2.24) is 5.32 Å². The molecule has 2 nitrogen and oxygen atoms in total. The lowest BCUT2D eigenvalue weighted by Gasteiger charge is -2.27. The van der Waals surface area contributed by atoms with Gasteiger partial charge in [0.25, 0.3) is 0 Å². The summed E-state index contributed by atoms with van der Waals surface area (Å²) >= 11 is 1.96. The fourth-order valence-electron chi connectivity index (χ4n) is 1.45. The van der Waals surface area contributed by atoms with Gasteiger partial charge >= 0.3 is 0 Å². The summed E-state index contributed by atoms with van der Waals surface area (Å²) in [6.45, 7) is 13.6. The highest BCUT2D eigenvalue weighted by Gasteiger charge is 2.20. The predicted molar refractivity (Wildman–Crippen MR) is 75.2 cm³/mol. The van der Waals surface area contributed by atoms with E-state index >= 15 is 0 Å². The summed E-state index contributed by atoms with van der Waals surface area (Å²) in [5, 5.41) is 13.4. The van der Waals surface area contributed by atoms with Crippen molar-refractivity contribution in [2.45, 2.75) is 70.8 Å². The molecule has 0 radical (unpaired) electrons. The number of hydrogen-bond donors (Lipinski definition) is 2. The first-order valence-electron chi connectivity index (χ1n) is 6.26. The lowest BCUT2D eigenvalue weighted by molar-refractivity contribution is 0.0483. The Labute approximate surface area is 106 Å². The van der Waals surface area contributed by atoms with Crippen LogP contribution in [0.2, 0.25) is 0 Å². The maximum absolute atomic E-state index is 10.0. The van der Waals surface area contributed by atoms with Crippen LogP contribution < -0.4 is 5.32 Å². The first-order valence-corrected chi connectivity index (χ1v) is 7.24. The van der Waals surface area contributed by atoms with Gasteiger partial charge in [-0.2, -0.15) is 11.8 Å². The van der Waals surface area contributed by atoms with E-state index < -0.39 is 5.60 Å². The Bertz CT molecular complexity index is 187. The van der Waals surface area contributed by atoms with Gasteiger partial charge in [-0.25, -0.2) is 0 Å². The third-order valence-electron chi connectivity index (χ3n) is 2.39. The maximum Gasteiger partial charge on any atom is 0.0743 e. The first kappa shape index (κ1) is 16.3. The van der Waals surface area contributed by atoms with Crippen molar-refractivity contribution in [3.8, 4) is 0 Å². The fourth-order valence-corrected chi connectivity index (χ4v) is 2.32. The van der Waals surface area contributed by atoms with E-state index in [2.05, 4.69) is 39.9 Å². The van der Waals surface area contributed by atoms with Crippen LogP contribution in [0.25, 0.3) is 0 Å². The zero-order valence-corrected chi connectivity index (χ0v) is 12.6. The first-order chi connectivity index (χ1) is 7.16. The van der Waals surface area contributed by atoms with Gasteiger partial charge in [0.05, 0.1) is 5.60 Å². The summed E-state index contributed by atoms with van der Waals surface area (Å²) in [5.74, 6) is 1.09. The largest absolute Gasteiger partial charge is 0.389 e. The van der Waals surface area contributed by atoms with Crippen molar-refractivity contribution in [3.05, 3.63) is 0 Å². The molecule has 0 spiro atoms. The summed E-state index contributed by atoms with van der Waals surface area (Å²) in [6, 6.07) is 0.451. The van der Waals surface area contributed by atoms with Gasteiger partial charge in [-0.1, -0.05) is 34.1 Å². The van der Waals surface area contributed by atoms with Crippen LogP contribution in [0, 0.1) is 0 Å². The lowest BCUT2D eigenvalue weighted by Crippen LogP contribution is -2.42. The summed E-state index contributed by atoms with van der Waals surface area (Å²) in [4.78, 5) is 0. The number of rotatable bonds is 7. The fraction of sp³-hybridized carbons (Fsp3) is 1.00. The van der Waals surface area contributed by atoms with Gasteiger partial charge in [0.15, 0.2) is 0 Å². The van der Waals surface area contributed by atoms with Crippen LogP contribution in [0.5, 0.6) is 0 Å². The standard InChI is InChI=1S/C13H29NOS/c1-7-8-13(6,15)10-14-11(2)9-16-12(3,4)5/h11,14-15H,7-10H2,1-6H3. The summed E-state index contributed by atoms with van der Waals surface area (Å²) in [5.41, 5.74) is -0.560. The van der Waals surface area contributed by atoms with Gasteiger partial charge in [-0.15, -0.1) is 0 Å². The molecule has 0 aromatic carbocycles. The SMILES string of the molecule is CCCC(C)(O)CNC(C)CSC(C)(C)C. The molecule has 3 heteroatoms. The summed E-state index contributed by atoms with van der Waals surface area (Å²) in [6.07, 6.45) is 1.89. The molecule has 0 heterocycles. The molecule has 0 saturated carbocycles. The van der Waals surface area contributed by atoms with E-state index in [0.717, 1.165) is 18.6 Å². The van der Waals surface area contributed by atoms with Gasteiger partial charge in [0.1, 0.15) is 0 Å². The van der Waals surface area contributed by atoms with E-state index in [4.69, 9.17) is 0 Å². The van der Waals surface area contributed by atoms with Crippen molar-refractivity contribution in [2.24, 2.45) is 0 Å². The van der Waals surface area contributed by atoms with Crippen LogP contribution in [0.4, 0.5) is 0 Å². The van der Waals surface area contributed by atoms with E-state index in [0.29, 0.717) is 17.3 Å². The second-order valence-electron chi connectivity index (χ2n) is 5.95. The summed E-state index contributed by atoms with van der Waals surface area (Å²) < 4.78 is 0.321. The average Bonchev–Trinajstić information content (AvgIpc) is 2.10. The number of nitrogens with one attached hydrogen (secondary N) is 1. The zero-order chi connectivity index (χ0) is 12.8. The third-order valence-corrected chi connectivity index (χ3v) is 3.92. The molecule has 98 valence electrons. The molecule has 0 bridgehead atoms. The quantitative estimate of drug-likeness (QED) is 0.725. The molecular formula is C13H29NOS. The molecule has 0 aliphatic heterocycles. The van der Waals surface area contributed by atoms with Gasteiger partial charge in [-0.3, -0.25) is 0 Å². The molecule has 16 heavy (non-hydrogen) atoms. The van der Waals surface area contributed by atoms with Crippen molar-refractivity contribution in [1.29, 1.82) is 0 Å². The maximum atomic E-state index is 10.0. The molecule has 2 unspecified atom stereocenters. The number of aliphatic hydroxyl groups is 1. The highest BCUT2D eigenvalue weighted by Crippen LogP contribution is 2.23. The van der Waals surface area contributed by atoms with Crippen molar-refractivity contribution >= 4 is 11.8 Å². The van der Waals surface area contributed by atoms with Crippen LogP contribution in [-0.2, 0) is 0 Å². The van der Waals surface area contributed by atoms with Crippen LogP contribution in [0.15, 0.2) is 0 Å². The molecule has 0 rings (SSSR count). The minimum absolute atomic E-state index is 0.321. The summed E-state index contributed by atoms with van der Waals surface area (Å²) in [7, 11) is 0. The smallest absolute Gasteiger partial charge is 0.0743 e. The molecule has 0 fully saturated rings. The van der Waals surface area contributed by atoms with Gasteiger partial charge < -0.3 is 10.4 Å². The molecule has 0 aromatic heterocycles. The van der Waals surface area contributed by atoms with Gasteiger partial charge in [0, 0.05) is 23.1 Å². The lowest BCUT2D eigenvalue weighted by atomic mass is 10.0. The molecule has 2 atom stereocenters. The van der Waals surface area contributed by atoms with Crippen LogP contribution in [0.3, 0.4) is 0 Å². The third kappa shape index (κ3) is 9.49. The molecule has 0 amide bonds. The van der Waals surface area contributed by atoms with E-state index in [-0.39, 0.29) is 0 Å². The molecule has 0 aromatic rings. The van der Waals surface area contributed by atoms with Gasteiger partial charge in [-0.05, 0) is 20.3 Å². The topological polar surface area (TPSA) is 32.3 Å². The average molecular weight is 247 g/mol. The van der Waals surface area contributed by atoms with E-state index in [1.807, 2.05) is 18.7 Å². The second-order valence-corrected chi connectivity index (χ2v) is 7.80. The van der Waals surface area contributed by atoms with E-state index in [1.165, 1.54) is 0 Å².